The Hall–Kier alpha value is -0.670. The topological polar surface area (TPSA) is 32.6 Å². The normalized spacial score (nSPS) is 22.3. The van der Waals surface area contributed by atoms with Gasteiger partial charge in [0.2, 0.25) is 0 Å². The third-order valence-corrected chi connectivity index (χ3v) is 7.11. The average molecular weight is 422 g/mol. The quantitative estimate of drug-likeness (QED) is 0.121. The van der Waals surface area contributed by atoms with Gasteiger partial charge in [0.05, 0.1) is 12.8 Å². The summed E-state index contributed by atoms with van der Waals surface area (Å²) in [4.78, 5) is 4.63. The standard InChI is InChI=1S/C27H53N2O/c1-4-6-7-8-9-10-11-12-13-14-15-16-17-18-19-20-21-22-23-27-28-24-25-29(27,5-2)26(3)30/h21-22,24,26-27,30H,4-20,23,25H2,1-3H3/q+1/b22-21+. The lowest BCUT2D eigenvalue weighted by Gasteiger charge is -2.39. The zero-order valence-electron chi connectivity index (χ0n) is 20.7. The minimum absolute atomic E-state index is 0.201. The minimum atomic E-state index is -0.341. The number of aliphatic hydroxyl groups is 1. The summed E-state index contributed by atoms with van der Waals surface area (Å²) in [5.74, 6) is 0. The Kier molecular flexibility index (Phi) is 16.4. The predicted octanol–water partition coefficient (Wildman–Crippen LogP) is 7.78. The summed E-state index contributed by atoms with van der Waals surface area (Å²) in [6.07, 6.45) is 30.0. The van der Waals surface area contributed by atoms with Crippen LogP contribution >= 0.6 is 0 Å². The van der Waals surface area contributed by atoms with E-state index in [0.29, 0.717) is 4.48 Å². The van der Waals surface area contributed by atoms with Crippen LogP contribution in [0, 0.1) is 0 Å². The van der Waals surface area contributed by atoms with E-state index in [2.05, 4.69) is 31.0 Å². The maximum Gasteiger partial charge on any atom is 0.189 e. The van der Waals surface area contributed by atoms with E-state index >= 15 is 0 Å². The molecule has 1 N–H and O–H groups in total. The zero-order chi connectivity index (χ0) is 21.9. The molecular formula is C27H53N2O+. The molecule has 0 aromatic rings. The monoisotopic (exact) mass is 421 g/mol. The van der Waals surface area contributed by atoms with Crippen LogP contribution in [0.1, 0.15) is 130 Å². The van der Waals surface area contributed by atoms with Crippen molar-refractivity contribution in [2.75, 3.05) is 13.1 Å². The number of hydrogen-bond acceptors (Lipinski definition) is 2. The first-order chi connectivity index (χ1) is 14.7. The molecule has 1 rings (SSSR count). The Morgan fingerprint density at radius 3 is 1.80 bits per heavy atom. The highest BCUT2D eigenvalue weighted by Crippen LogP contribution is 2.25. The van der Waals surface area contributed by atoms with Crippen LogP contribution < -0.4 is 0 Å². The predicted molar refractivity (Wildman–Crippen MR) is 133 cm³/mol. The molecule has 0 spiro atoms. The summed E-state index contributed by atoms with van der Waals surface area (Å²) in [6, 6.07) is 0. The molecule has 0 aromatic carbocycles. The number of aliphatic imine (C=N–C) groups is 1. The molecule has 1 aliphatic heterocycles. The average Bonchev–Trinajstić information content (AvgIpc) is 3.17. The molecule has 3 heteroatoms. The van der Waals surface area contributed by atoms with Crippen LogP contribution in [-0.2, 0) is 0 Å². The Bertz CT molecular complexity index is 446. The maximum absolute atomic E-state index is 10.2. The van der Waals surface area contributed by atoms with E-state index in [1.165, 1.54) is 103 Å². The lowest BCUT2D eigenvalue weighted by molar-refractivity contribution is -0.976. The third-order valence-electron chi connectivity index (χ3n) is 7.11. The van der Waals surface area contributed by atoms with Gasteiger partial charge in [0.25, 0.3) is 0 Å². The Morgan fingerprint density at radius 1 is 0.833 bits per heavy atom. The van der Waals surface area contributed by atoms with Gasteiger partial charge in [0.15, 0.2) is 12.4 Å². The van der Waals surface area contributed by atoms with Crippen LogP contribution in [0.4, 0.5) is 0 Å². The second-order valence-electron chi connectivity index (χ2n) is 9.49. The van der Waals surface area contributed by atoms with E-state index < -0.39 is 0 Å². The molecule has 3 nitrogen and oxygen atoms in total. The first-order valence-electron chi connectivity index (χ1n) is 13.4. The van der Waals surface area contributed by atoms with Crippen molar-refractivity contribution in [3.8, 4) is 0 Å². The Labute approximate surface area is 188 Å². The van der Waals surface area contributed by atoms with Crippen molar-refractivity contribution >= 4 is 6.21 Å². The number of rotatable bonds is 20. The molecule has 3 atom stereocenters. The molecule has 1 heterocycles. The van der Waals surface area contributed by atoms with Gasteiger partial charge in [-0.3, -0.25) is 4.48 Å². The molecule has 0 saturated carbocycles. The van der Waals surface area contributed by atoms with E-state index in [1.807, 2.05) is 13.1 Å². The molecule has 1 aliphatic rings. The highest BCUT2D eigenvalue weighted by atomic mass is 16.3. The molecule has 0 bridgehead atoms. The third kappa shape index (κ3) is 11.1. The van der Waals surface area contributed by atoms with Crippen LogP contribution in [0.2, 0.25) is 0 Å². The van der Waals surface area contributed by atoms with E-state index in [-0.39, 0.29) is 12.4 Å². The number of allylic oxidation sites excluding steroid dienone is 1. The highest BCUT2D eigenvalue weighted by molar-refractivity contribution is 5.60. The first-order valence-corrected chi connectivity index (χ1v) is 13.4. The lowest BCUT2D eigenvalue weighted by atomic mass is 10.0. The van der Waals surface area contributed by atoms with Crippen LogP contribution in [0.5, 0.6) is 0 Å². The summed E-state index contributed by atoms with van der Waals surface area (Å²) in [5.41, 5.74) is 0. The van der Waals surface area contributed by atoms with Gasteiger partial charge in [0, 0.05) is 13.3 Å². The van der Waals surface area contributed by atoms with Gasteiger partial charge < -0.3 is 5.11 Å². The molecule has 0 saturated heterocycles. The molecule has 0 amide bonds. The molecule has 3 unspecified atom stereocenters. The molecule has 0 aliphatic carbocycles. The van der Waals surface area contributed by atoms with Gasteiger partial charge in [-0.05, 0) is 19.8 Å². The molecule has 0 aromatic heterocycles. The molecular weight excluding hydrogens is 368 g/mol. The fraction of sp³-hybridized carbons (Fsp3) is 0.889. The fourth-order valence-corrected chi connectivity index (χ4v) is 4.82. The summed E-state index contributed by atoms with van der Waals surface area (Å²) < 4.78 is 0.698. The van der Waals surface area contributed by atoms with Gasteiger partial charge in [-0.2, -0.15) is 0 Å². The van der Waals surface area contributed by atoms with Crippen molar-refractivity contribution in [3.05, 3.63) is 12.2 Å². The summed E-state index contributed by atoms with van der Waals surface area (Å²) >= 11 is 0. The van der Waals surface area contributed by atoms with E-state index in [1.54, 1.807) is 0 Å². The number of unbranched alkanes of at least 4 members (excludes halogenated alkanes) is 15. The number of hydrogen-bond donors (Lipinski definition) is 1. The zero-order valence-corrected chi connectivity index (χ0v) is 20.7. The van der Waals surface area contributed by atoms with Gasteiger partial charge in [-0.1, -0.05) is 109 Å². The van der Waals surface area contributed by atoms with Crippen LogP contribution in [0.3, 0.4) is 0 Å². The largest absolute Gasteiger partial charge is 0.345 e. The first kappa shape index (κ1) is 27.4. The number of quaternary nitrogens is 1. The van der Waals surface area contributed by atoms with Crippen molar-refractivity contribution < 1.29 is 9.59 Å². The Balaban J connectivity index is 1.88. The van der Waals surface area contributed by atoms with E-state index in [4.69, 9.17) is 0 Å². The van der Waals surface area contributed by atoms with Gasteiger partial charge in [-0.25, -0.2) is 4.99 Å². The van der Waals surface area contributed by atoms with Crippen molar-refractivity contribution in [2.24, 2.45) is 4.99 Å². The SMILES string of the molecule is CCCCCCCCCCCCCCCCC/C=C/CC1N=CC[N+]1(CC)C(C)O. The van der Waals surface area contributed by atoms with Gasteiger partial charge in [0.1, 0.15) is 6.54 Å². The molecule has 30 heavy (non-hydrogen) atoms. The maximum atomic E-state index is 10.2. The summed E-state index contributed by atoms with van der Waals surface area (Å²) in [7, 11) is 0. The molecule has 176 valence electrons. The highest BCUT2D eigenvalue weighted by Gasteiger charge is 2.41. The van der Waals surface area contributed by atoms with Crippen LogP contribution in [0.15, 0.2) is 17.1 Å². The summed E-state index contributed by atoms with van der Waals surface area (Å²) in [6.45, 7) is 8.17. The van der Waals surface area contributed by atoms with E-state index in [0.717, 1.165) is 19.5 Å². The van der Waals surface area contributed by atoms with Crippen LogP contribution in [0.25, 0.3) is 0 Å². The molecule has 0 radical (unpaired) electrons. The smallest absolute Gasteiger partial charge is 0.189 e. The number of nitrogens with zero attached hydrogens (tertiary/aromatic N) is 2. The second-order valence-corrected chi connectivity index (χ2v) is 9.49. The lowest BCUT2D eigenvalue weighted by Crippen LogP contribution is -2.57. The second kappa shape index (κ2) is 18.0. The van der Waals surface area contributed by atoms with Crippen molar-refractivity contribution in [1.82, 2.24) is 0 Å². The number of aliphatic hydroxyl groups excluding tert-OH is 1. The van der Waals surface area contributed by atoms with E-state index in [9.17, 15) is 5.11 Å². The van der Waals surface area contributed by atoms with Crippen molar-refractivity contribution in [3.63, 3.8) is 0 Å². The molecule has 0 fully saturated rings. The van der Waals surface area contributed by atoms with Crippen molar-refractivity contribution in [1.29, 1.82) is 0 Å². The summed E-state index contributed by atoms with van der Waals surface area (Å²) in [5, 5.41) is 10.2. The fourth-order valence-electron chi connectivity index (χ4n) is 4.82. The minimum Gasteiger partial charge on any atom is -0.345 e. The van der Waals surface area contributed by atoms with Gasteiger partial charge >= 0.3 is 0 Å². The van der Waals surface area contributed by atoms with Gasteiger partial charge in [-0.15, -0.1) is 0 Å². The van der Waals surface area contributed by atoms with Crippen molar-refractivity contribution in [2.45, 2.75) is 142 Å². The Morgan fingerprint density at radius 2 is 1.33 bits per heavy atom. The van der Waals surface area contributed by atoms with Crippen LogP contribution in [-0.4, -0.2) is 41.3 Å².